The van der Waals surface area contributed by atoms with Crippen molar-refractivity contribution in [1.82, 2.24) is 4.98 Å². The number of aromatic nitrogens is 1. The molecule has 0 spiro atoms. The van der Waals surface area contributed by atoms with Crippen LogP contribution < -0.4 is 4.90 Å². The first-order valence-corrected chi connectivity index (χ1v) is 3.50. The summed E-state index contributed by atoms with van der Waals surface area (Å²) in [4.78, 5) is 6.17. The smallest absolute Gasteiger partial charge is 0.127 e. The van der Waals surface area contributed by atoms with E-state index < -0.39 is 0 Å². The van der Waals surface area contributed by atoms with Crippen molar-refractivity contribution >= 4 is 11.9 Å². The highest BCUT2D eigenvalue weighted by molar-refractivity contribution is 5.48. The second-order valence-corrected chi connectivity index (χ2v) is 2.55. The molecule has 2 heteroatoms. The van der Waals surface area contributed by atoms with Crippen molar-refractivity contribution in [3.8, 4) is 0 Å². The van der Waals surface area contributed by atoms with Crippen molar-refractivity contribution in [2.75, 3.05) is 19.0 Å². The standard InChI is InChI=1S/C9H12N2/c1-4-8-5-6-9(10-7-8)11(2)3/h4-7H,1H2,2-3H3. The van der Waals surface area contributed by atoms with Gasteiger partial charge in [0.2, 0.25) is 0 Å². The van der Waals surface area contributed by atoms with Gasteiger partial charge in [-0.2, -0.15) is 0 Å². The average Bonchev–Trinajstić information content (AvgIpc) is 2.05. The lowest BCUT2D eigenvalue weighted by atomic mass is 10.3. The molecule has 0 N–H and O–H groups in total. The molecule has 1 rings (SSSR count). The molecule has 1 heterocycles. The van der Waals surface area contributed by atoms with Crippen LogP contribution >= 0.6 is 0 Å². The number of hydrogen-bond donors (Lipinski definition) is 0. The van der Waals surface area contributed by atoms with Crippen LogP contribution in [0, 0.1) is 0 Å². The van der Waals surface area contributed by atoms with Crippen molar-refractivity contribution in [3.05, 3.63) is 30.5 Å². The highest BCUT2D eigenvalue weighted by Crippen LogP contribution is 2.07. The Hall–Kier alpha value is -1.31. The van der Waals surface area contributed by atoms with Gasteiger partial charge in [-0.15, -0.1) is 0 Å². The summed E-state index contributed by atoms with van der Waals surface area (Å²) < 4.78 is 0. The third kappa shape index (κ3) is 1.80. The summed E-state index contributed by atoms with van der Waals surface area (Å²) in [6, 6.07) is 3.96. The molecule has 0 aliphatic heterocycles. The van der Waals surface area contributed by atoms with E-state index in [2.05, 4.69) is 11.6 Å². The summed E-state index contributed by atoms with van der Waals surface area (Å²) >= 11 is 0. The molecule has 58 valence electrons. The van der Waals surface area contributed by atoms with E-state index in [0.29, 0.717) is 0 Å². The molecule has 0 bridgehead atoms. The Labute approximate surface area is 67.2 Å². The minimum atomic E-state index is 0.968. The molecular weight excluding hydrogens is 136 g/mol. The van der Waals surface area contributed by atoms with Crippen LogP contribution in [-0.4, -0.2) is 19.1 Å². The molecule has 0 aliphatic rings. The van der Waals surface area contributed by atoms with Crippen molar-refractivity contribution < 1.29 is 0 Å². The summed E-state index contributed by atoms with van der Waals surface area (Å²) in [7, 11) is 3.94. The summed E-state index contributed by atoms with van der Waals surface area (Å²) in [5.41, 5.74) is 1.05. The molecule has 0 radical (unpaired) electrons. The zero-order valence-electron chi connectivity index (χ0n) is 6.91. The first kappa shape index (κ1) is 7.79. The van der Waals surface area contributed by atoms with Gasteiger partial charge in [0.1, 0.15) is 5.82 Å². The van der Waals surface area contributed by atoms with Gasteiger partial charge in [-0.25, -0.2) is 4.98 Å². The first-order valence-electron chi connectivity index (χ1n) is 3.50. The van der Waals surface area contributed by atoms with Gasteiger partial charge < -0.3 is 4.90 Å². The Morgan fingerprint density at radius 1 is 1.45 bits per heavy atom. The molecule has 11 heavy (non-hydrogen) atoms. The maximum absolute atomic E-state index is 4.20. The Morgan fingerprint density at radius 3 is 2.55 bits per heavy atom. The topological polar surface area (TPSA) is 16.1 Å². The van der Waals surface area contributed by atoms with Gasteiger partial charge in [0.25, 0.3) is 0 Å². The molecule has 0 aliphatic carbocycles. The molecule has 2 nitrogen and oxygen atoms in total. The quantitative estimate of drug-likeness (QED) is 0.635. The predicted octanol–water partition coefficient (Wildman–Crippen LogP) is 1.79. The van der Waals surface area contributed by atoms with Crippen LogP contribution in [0.3, 0.4) is 0 Å². The van der Waals surface area contributed by atoms with Crippen LogP contribution in [0.1, 0.15) is 5.56 Å². The van der Waals surface area contributed by atoms with E-state index in [9.17, 15) is 0 Å². The number of nitrogens with zero attached hydrogens (tertiary/aromatic N) is 2. The number of rotatable bonds is 2. The zero-order valence-corrected chi connectivity index (χ0v) is 6.91. The van der Waals surface area contributed by atoms with Gasteiger partial charge in [-0.05, 0) is 17.7 Å². The lowest BCUT2D eigenvalue weighted by Gasteiger charge is -2.09. The lowest BCUT2D eigenvalue weighted by Crippen LogP contribution is -2.09. The van der Waals surface area contributed by atoms with Gasteiger partial charge in [0.15, 0.2) is 0 Å². The minimum Gasteiger partial charge on any atom is -0.363 e. The average molecular weight is 148 g/mol. The zero-order chi connectivity index (χ0) is 8.27. The summed E-state index contributed by atoms with van der Waals surface area (Å²) in [6.45, 7) is 3.65. The largest absolute Gasteiger partial charge is 0.363 e. The van der Waals surface area contributed by atoms with Crippen molar-refractivity contribution in [2.24, 2.45) is 0 Å². The Kier molecular flexibility index (Phi) is 2.26. The van der Waals surface area contributed by atoms with Crippen LogP contribution in [0.4, 0.5) is 5.82 Å². The monoisotopic (exact) mass is 148 g/mol. The second-order valence-electron chi connectivity index (χ2n) is 2.55. The van der Waals surface area contributed by atoms with Crippen LogP contribution in [0.25, 0.3) is 6.08 Å². The van der Waals surface area contributed by atoms with Crippen LogP contribution in [-0.2, 0) is 0 Å². The fourth-order valence-electron chi connectivity index (χ4n) is 0.783. The van der Waals surface area contributed by atoms with E-state index >= 15 is 0 Å². The summed E-state index contributed by atoms with van der Waals surface area (Å²) in [5, 5.41) is 0. The third-order valence-electron chi connectivity index (χ3n) is 1.46. The SMILES string of the molecule is C=Cc1ccc(N(C)C)nc1. The van der Waals surface area contributed by atoms with E-state index in [1.807, 2.05) is 37.3 Å². The van der Waals surface area contributed by atoms with E-state index in [1.165, 1.54) is 0 Å². The second kappa shape index (κ2) is 3.19. The van der Waals surface area contributed by atoms with Crippen LogP contribution in [0.5, 0.6) is 0 Å². The Bertz CT molecular complexity index is 236. The first-order chi connectivity index (χ1) is 5.24. The number of anilines is 1. The molecule has 0 saturated heterocycles. The van der Waals surface area contributed by atoms with Crippen molar-refractivity contribution in [1.29, 1.82) is 0 Å². The molecule has 0 unspecified atom stereocenters. The fourth-order valence-corrected chi connectivity index (χ4v) is 0.783. The lowest BCUT2D eigenvalue weighted by molar-refractivity contribution is 1.07. The van der Waals surface area contributed by atoms with Crippen LogP contribution in [0.2, 0.25) is 0 Å². The molecule has 0 amide bonds. The molecule has 1 aromatic heterocycles. The third-order valence-corrected chi connectivity index (χ3v) is 1.46. The Balaban J connectivity index is 2.91. The summed E-state index contributed by atoms with van der Waals surface area (Å²) in [5.74, 6) is 0.968. The maximum Gasteiger partial charge on any atom is 0.127 e. The van der Waals surface area contributed by atoms with E-state index in [4.69, 9.17) is 0 Å². The molecule has 0 atom stereocenters. The number of hydrogen-bond acceptors (Lipinski definition) is 2. The Morgan fingerprint density at radius 2 is 2.18 bits per heavy atom. The van der Waals surface area contributed by atoms with Crippen molar-refractivity contribution in [3.63, 3.8) is 0 Å². The predicted molar refractivity (Wildman–Crippen MR) is 48.7 cm³/mol. The van der Waals surface area contributed by atoms with E-state index in [1.54, 1.807) is 6.08 Å². The van der Waals surface area contributed by atoms with Gasteiger partial charge in [0, 0.05) is 20.3 Å². The summed E-state index contributed by atoms with van der Waals surface area (Å²) in [6.07, 6.45) is 3.59. The highest BCUT2D eigenvalue weighted by atomic mass is 15.1. The highest BCUT2D eigenvalue weighted by Gasteiger charge is 1.93. The van der Waals surface area contributed by atoms with Gasteiger partial charge >= 0.3 is 0 Å². The molecule has 1 aromatic rings. The molecular formula is C9H12N2. The van der Waals surface area contributed by atoms with E-state index in [0.717, 1.165) is 11.4 Å². The van der Waals surface area contributed by atoms with Crippen molar-refractivity contribution in [2.45, 2.75) is 0 Å². The number of pyridine rings is 1. The van der Waals surface area contributed by atoms with Gasteiger partial charge in [0.05, 0.1) is 0 Å². The van der Waals surface area contributed by atoms with Crippen LogP contribution in [0.15, 0.2) is 24.9 Å². The normalized spacial score (nSPS) is 9.27. The van der Waals surface area contributed by atoms with Gasteiger partial charge in [-0.3, -0.25) is 0 Å². The van der Waals surface area contributed by atoms with Gasteiger partial charge in [-0.1, -0.05) is 12.7 Å². The molecule has 0 aromatic carbocycles. The molecule has 0 fully saturated rings. The van der Waals surface area contributed by atoms with E-state index in [-0.39, 0.29) is 0 Å². The molecule has 0 saturated carbocycles. The minimum absolute atomic E-state index is 0.968. The fraction of sp³-hybridized carbons (Fsp3) is 0.222. The maximum atomic E-state index is 4.20.